The first-order valence-corrected chi connectivity index (χ1v) is 6.36. The number of rotatable bonds is 2. The fourth-order valence-corrected chi connectivity index (χ4v) is 2.73. The molecule has 0 radical (unpaired) electrons. The van der Waals surface area contributed by atoms with Gasteiger partial charge in [0.25, 0.3) is 0 Å². The van der Waals surface area contributed by atoms with Crippen molar-refractivity contribution < 1.29 is 9.84 Å². The van der Waals surface area contributed by atoms with Gasteiger partial charge in [0.1, 0.15) is 0 Å². The highest BCUT2D eigenvalue weighted by atomic mass is 16.5. The van der Waals surface area contributed by atoms with E-state index in [1.165, 1.54) is 0 Å². The van der Waals surface area contributed by atoms with E-state index in [1.807, 2.05) is 0 Å². The monoisotopic (exact) mass is 228 g/mol. The van der Waals surface area contributed by atoms with Gasteiger partial charge in [0.2, 0.25) is 0 Å². The molecule has 0 aromatic carbocycles. The summed E-state index contributed by atoms with van der Waals surface area (Å²) in [7, 11) is 1.74. The third-order valence-electron chi connectivity index (χ3n) is 4.18. The minimum absolute atomic E-state index is 0.114. The van der Waals surface area contributed by atoms with Crippen molar-refractivity contribution in [2.75, 3.05) is 7.11 Å². The maximum atomic E-state index is 10.5. The van der Waals surface area contributed by atoms with Crippen LogP contribution in [0, 0.1) is 10.8 Å². The molecule has 1 rings (SSSR count). The summed E-state index contributed by atoms with van der Waals surface area (Å²) in [5.41, 5.74) is -0.0368. The van der Waals surface area contributed by atoms with Gasteiger partial charge in [-0.3, -0.25) is 0 Å². The van der Waals surface area contributed by atoms with E-state index in [0.29, 0.717) is 5.41 Å². The molecule has 2 heteroatoms. The molecule has 0 amide bonds. The topological polar surface area (TPSA) is 29.5 Å². The second kappa shape index (κ2) is 4.30. The summed E-state index contributed by atoms with van der Waals surface area (Å²) in [6.07, 6.45) is 3.81. The molecule has 0 aromatic heterocycles. The SMILES string of the molecule is COC1(C(O)C(C)(C)C)CCC(C)(C)CC1. The molecule has 16 heavy (non-hydrogen) atoms. The number of hydrogen-bond acceptors (Lipinski definition) is 2. The Morgan fingerprint density at radius 2 is 1.50 bits per heavy atom. The third kappa shape index (κ3) is 2.78. The molecule has 1 aliphatic carbocycles. The molecule has 1 N–H and O–H groups in total. The van der Waals surface area contributed by atoms with Crippen LogP contribution in [-0.4, -0.2) is 23.9 Å². The second-order valence-electron chi connectivity index (χ2n) is 7.20. The van der Waals surface area contributed by atoms with Crippen LogP contribution in [0.15, 0.2) is 0 Å². The van der Waals surface area contributed by atoms with Crippen LogP contribution < -0.4 is 0 Å². The Bertz CT molecular complexity index is 228. The highest BCUT2D eigenvalue weighted by Crippen LogP contribution is 2.46. The molecule has 0 aliphatic heterocycles. The van der Waals surface area contributed by atoms with E-state index in [1.54, 1.807) is 7.11 Å². The second-order valence-corrected chi connectivity index (χ2v) is 7.20. The lowest BCUT2D eigenvalue weighted by molar-refractivity contribution is -0.167. The third-order valence-corrected chi connectivity index (χ3v) is 4.18. The number of aliphatic hydroxyl groups is 1. The lowest BCUT2D eigenvalue weighted by Crippen LogP contribution is -2.53. The quantitative estimate of drug-likeness (QED) is 0.785. The van der Waals surface area contributed by atoms with E-state index in [2.05, 4.69) is 34.6 Å². The van der Waals surface area contributed by atoms with Crippen molar-refractivity contribution in [3.8, 4) is 0 Å². The van der Waals surface area contributed by atoms with Crippen molar-refractivity contribution in [1.29, 1.82) is 0 Å². The minimum Gasteiger partial charge on any atom is -0.390 e. The van der Waals surface area contributed by atoms with Gasteiger partial charge in [-0.1, -0.05) is 34.6 Å². The van der Waals surface area contributed by atoms with Crippen molar-refractivity contribution in [3.05, 3.63) is 0 Å². The molecule has 2 nitrogen and oxygen atoms in total. The Balaban J connectivity index is 2.81. The van der Waals surface area contributed by atoms with Gasteiger partial charge in [-0.25, -0.2) is 0 Å². The summed E-state index contributed by atoms with van der Waals surface area (Å²) in [5, 5.41) is 10.5. The van der Waals surface area contributed by atoms with Crippen molar-refractivity contribution in [1.82, 2.24) is 0 Å². The van der Waals surface area contributed by atoms with E-state index >= 15 is 0 Å². The molecular formula is C14H28O2. The molecule has 0 spiro atoms. The molecule has 0 aromatic rings. The van der Waals surface area contributed by atoms with Gasteiger partial charge < -0.3 is 9.84 Å². The fourth-order valence-electron chi connectivity index (χ4n) is 2.73. The van der Waals surface area contributed by atoms with Crippen molar-refractivity contribution in [2.24, 2.45) is 10.8 Å². The Morgan fingerprint density at radius 3 is 1.81 bits per heavy atom. The summed E-state index contributed by atoms with van der Waals surface area (Å²) in [4.78, 5) is 0. The van der Waals surface area contributed by atoms with Gasteiger partial charge in [-0.2, -0.15) is 0 Å². The molecule has 1 unspecified atom stereocenters. The highest BCUT2D eigenvalue weighted by Gasteiger charge is 2.47. The average molecular weight is 228 g/mol. The highest BCUT2D eigenvalue weighted by molar-refractivity contribution is 4.99. The first-order chi connectivity index (χ1) is 7.13. The first kappa shape index (κ1) is 14.0. The van der Waals surface area contributed by atoms with Gasteiger partial charge in [0, 0.05) is 7.11 Å². The molecule has 1 aliphatic rings. The van der Waals surface area contributed by atoms with E-state index in [-0.39, 0.29) is 17.1 Å². The smallest absolute Gasteiger partial charge is 0.0941 e. The van der Waals surface area contributed by atoms with Crippen LogP contribution in [0.4, 0.5) is 0 Å². The van der Waals surface area contributed by atoms with E-state index in [4.69, 9.17) is 4.74 Å². The van der Waals surface area contributed by atoms with Crippen LogP contribution in [0.2, 0.25) is 0 Å². The molecule has 1 fully saturated rings. The predicted octanol–water partition coefficient (Wildman–Crippen LogP) is 3.38. The minimum atomic E-state index is -0.388. The number of aliphatic hydroxyl groups excluding tert-OH is 1. The van der Waals surface area contributed by atoms with Gasteiger partial charge in [0.15, 0.2) is 0 Å². The lowest BCUT2D eigenvalue weighted by Gasteiger charge is -2.48. The molecule has 0 saturated heterocycles. The summed E-state index contributed by atoms with van der Waals surface area (Å²) in [6.45, 7) is 10.8. The molecule has 0 heterocycles. The fraction of sp³-hybridized carbons (Fsp3) is 1.00. The maximum Gasteiger partial charge on any atom is 0.0941 e. The summed E-state index contributed by atoms with van der Waals surface area (Å²) in [6, 6.07) is 0. The van der Waals surface area contributed by atoms with Gasteiger partial charge in [-0.15, -0.1) is 0 Å². The van der Waals surface area contributed by atoms with Gasteiger partial charge in [-0.05, 0) is 36.5 Å². The van der Waals surface area contributed by atoms with E-state index < -0.39 is 0 Å². The molecule has 1 saturated carbocycles. The van der Waals surface area contributed by atoms with Crippen LogP contribution in [0.1, 0.15) is 60.3 Å². The Hall–Kier alpha value is -0.0800. The normalized spacial score (nSPS) is 26.4. The summed E-state index contributed by atoms with van der Waals surface area (Å²) in [5.74, 6) is 0. The zero-order valence-electron chi connectivity index (χ0n) is 11.8. The number of hydrogen-bond donors (Lipinski definition) is 1. The predicted molar refractivity (Wildman–Crippen MR) is 67.5 cm³/mol. The van der Waals surface area contributed by atoms with Crippen LogP contribution in [-0.2, 0) is 4.74 Å². The van der Waals surface area contributed by atoms with E-state index in [0.717, 1.165) is 25.7 Å². The summed E-state index contributed by atoms with van der Waals surface area (Å²) >= 11 is 0. The first-order valence-electron chi connectivity index (χ1n) is 6.36. The van der Waals surface area contributed by atoms with Gasteiger partial charge >= 0.3 is 0 Å². The molecule has 0 bridgehead atoms. The summed E-state index contributed by atoms with van der Waals surface area (Å²) < 4.78 is 5.71. The van der Waals surface area contributed by atoms with Crippen LogP contribution >= 0.6 is 0 Å². The maximum absolute atomic E-state index is 10.5. The molecule has 96 valence electrons. The lowest BCUT2D eigenvalue weighted by atomic mass is 9.65. The zero-order chi connectivity index (χ0) is 12.6. The zero-order valence-corrected chi connectivity index (χ0v) is 11.8. The van der Waals surface area contributed by atoms with Crippen molar-refractivity contribution in [2.45, 2.75) is 72.0 Å². The molecule has 1 atom stereocenters. The Morgan fingerprint density at radius 1 is 1.06 bits per heavy atom. The standard InChI is InChI=1S/C14H28O2/c1-12(2,3)11(15)14(16-6)9-7-13(4,5)8-10-14/h11,15H,7-10H2,1-6H3. The average Bonchev–Trinajstić information content (AvgIpc) is 2.17. The van der Waals surface area contributed by atoms with Crippen LogP contribution in [0.25, 0.3) is 0 Å². The van der Waals surface area contributed by atoms with Crippen molar-refractivity contribution in [3.63, 3.8) is 0 Å². The largest absolute Gasteiger partial charge is 0.390 e. The van der Waals surface area contributed by atoms with E-state index in [9.17, 15) is 5.11 Å². The Labute approximate surface area is 100 Å². The van der Waals surface area contributed by atoms with Crippen molar-refractivity contribution >= 4 is 0 Å². The molecular weight excluding hydrogens is 200 g/mol. The van der Waals surface area contributed by atoms with Crippen LogP contribution in [0.3, 0.4) is 0 Å². The Kier molecular flexibility index (Phi) is 3.76. The number of ether oxygens (including phenoxy) is 1. The van der Waals surface area contributed by atoms with Crippen LogP contribution in [0.5, 0.6) is 0 Å². The number of methoxy groups -OCH3 is 1. The van der Waals surface area contributed by atoms with Gasteiger partial charge in [0.05, 0.1) is 11.7 Å².